The van der Waals surface area contributed by atoms with Crippen molar-refractivity contribution in [3.63, 3.8) is 0 Å². The molecule has 2 unspecified atom stereocenters. The van der Waals surface area contributed by atoms with Crippen LogP contribution in [0.5, 0.6) is 11.5 Å². The van der Waals surface area contributed by atoms with Crippen LogP contribution in [0.15, 0.2) is 66.0 Å². The van der Waals surface area contributed by atoms with Gasteiger partial charge in [-0.1, -0.05) is 6.07 Å². The smallest absolute Gasteiger partial charge is 0.260 e. The normalized spacial score (nSPS) is 19.6. The van der Waals surface area contributed by atoms with E-state index in [1.54, 1.807) is 26.5 Å². The van der Waals surface area contributed by atoms with Crippen LogP contribution in [0.2, 0.25) is 0 Å². The maximum Gasteiger partial charge on any atom is 0.260 e. The van der Waals surface area contributed by atoms with Crippen LogP contribution in [-0.2, 0) is 13.5 Å². The second-order valence-electron chi connectivity index (χ2n) is 8.69. The fraction of sp³-hybridized carbons (Fsp3) is 0.296. The van der Waals surface area contributed by atoms with Crippen molar-refractivity contribution >= 4 is 28.6 Å². The first-order valence-corrected chi connectivity index (χ1v) is 12.3. The summed E-state index contributed by atoms with van der Waals surface area (Å²) in [4.78, 5) is 15.7. The van der Waals surface area contributed by atoms with Crippen LogP contribution >= 0.6 is 11.8 Å². The van der Waals surface area contributed by atoms with Gasteiger partial charge in [0, 0.05) is 41.4 Å². The molecule has 5 rings (SSSR count). The summed E-state index contributed by atoms with van der Waals surface area (Å²) < 4.78 is 26.8. The largest absolute Gasteiger partial charge is 0.493 e. The van der Waals surface area contributed by atoms with Gasteiger partial charge in [-0.25, -0.2) is 4.39 Å². The van der Waals surface area contributed by atoms with Gasteiger partial charge < -0.3 is 18.9 Å². The van der Waals surface area contributed by atoms with Crippen molar-refractivity contribution in [2.45, 2.75) is 24.6 Å². The van der Waals surface area contributed by atoms with Gasteiger partial charge in [0.05, 0.1) is 25.8 Å². The summed E-state index contributed by atoms with van der Waals surface area (Å²) in [5.41, 5.74) is 4.95. The highest BCUT2D eigenvalue weighted by molar-refractivity contribution is 8.00. The van der Waals surface area contributed by atoms with E-state index in [1.165, 1.54) is 23.3 Å². The molecule has 0 aliphatic carbocycles. The number of nitrogens with zero attached hydrogens (tertiary/aromatic N) is 2. The number of amides is 1. The van der Waals surface area contributed by atoms with Crippen molar-refractivity contribution in [3.05, 3.63) is 83.0 Å². The van der Waals surface area contributed by atoms with E-state index >= 15 is 0 Å². The van der Waals surface area contributed by atoms with E-state index in [0.717, 1.165) is 16.8 Å². The summed E-state index contributed by atoms with van der Waals surface area (Å²) in [6.45, 7) is 2.20. The summed E-state index contributed by atoms with van der Waals surface area (Å²) in [7, 11) is 5.11. The van der Waals surface area contributed by atoms with Crippen molar-refractivity contribution in [3.8, 4) is 11.5 Å². The van der Waals surface area contributed by atoms with E-state index in [4.69, 9.17) is 9.47 Å². The summed E-state index contributed by atoms with van der Waals surface area (Å²) in [5, 5.41) is 1.02. The number of carbonyl (C=O) groups excluding carboxylic acids is 1. The van der Waals surface area contributed by atoms with Gasteiger partial charge in [-0.2, -0.15) is 0 Å². The van der Waals surface area contributed by atoms with E-state index in [-0.39, 0.29) is 17.8 Å². The second-order valence-corrected chi connectivity index (χ2v) is 10.0. The third-order valence-electron chi connectivity index (χ3n) is 6.74. The van der Waals surface area contributed by atoms with Crippen LogP contribution in [0.25, 0.3) is 10.9 Å². The molecule has 0 N–H and O–H groups in total. The number of methoxy groups -OCH3 is 2. The van der Waals surface area contributed by atoms with Crippen molar-refractivity contribution in [1.82, 2.24) is 9.47 Å². The Morgan fingerprint density at radius 2 is 1.94 bits per heavy atom. The molecule has 2 atom stereocenters. The molecular weight excluding hydrogens is 451 g/mol. The van der Waals surface area contributed by atoms with E-state index in [1.807, 2.05) is 52.7 Å². The summed E-state index contributed by atoms with van der Waals surface area (Å²) >= 11 is 1.89. The van der Waals surface area contributed by atoms with Gasteiger partial charge in [0.1, 0.15) is 5.82 Å². The molecule has 0 bridgehead atoms. The molecule has 3 aromatic rings. The molecule has 1 aromatic heterocycles. The number of carbonyl (C=O) groups is 1. The molecule has 0 fully saturated rings. The number of rotatable bonds is 5. The second kappa shape index (κ2) is 8.87. The lowest BCUT2D eigenvalue weighted by atomic mass is 9.90. The average Bonchev–Trinajstić information content (AvgIpc) is 3.38. The number of halogens is 1. The van der Waals surface area contributed by atoms with Crippen LogP contribution in [0, 0.1) is 5.82 Å². The number of hydrogen-bond acceptors (Lipinski definition) is 4. The van der Waals surface area contributed by atoms with Gasteiger partial charge in [-0.05, 0) is 66.5 Å². The minimum Gasteiger partial charge on any atom is -0.493 e. The molecule has 34 heavy (non-hydrogen) atoms. The number of benzene rings is 2. The molecule has 2 aliphatic heterocycles. The zero-order valence-electron chi connectivity index (χ0n) is 19.7. The van der Waals surface area contributed by atoms with E-state index in [0.29, 0.717) is 34.1 Å². The molecule has 0 saturated carbocycles. The highest BCUT2D eigenvalue weighted by Crippen LogP contribution is 2.41. The fourth-order valence-corrected chi connectivity index (χ4v) is 6.15. The lowest BCUT2D eigenvalue weighted by Crippen LogP contribution is -2.41. The Morgan fingerprint density at radius 3 is 2.71 bits per heavy atom. The minimum atomic E-state index is -0.352. The van der Waals surface area contributed by atoms with E-state index in [2.05, 4.69) is 13.0 Å². The Labute approximate surface area is 202 Å². The summed E-state index contributed by atoms with van der Waals surface area (Å²) in [6, 6.07) is 10.3. The number of ether oxygens (including phenoxy) is 2. The Hall–Kier alpha value is -3.19. The molecule has 0 saturated heterocycles. The molecule has 2 aliphatic rings. The van der Waals surface area contributed by atoms with Crippen molar-refractivity contribution in [1.29, 1.82) is 0 Å². The molecule has 5 nitrogen and oxygen atoms in total. The van der Waals surface area contributed by atoms with Gasteiger partial charge >= 0.3 is 0 Å². The van der Waals surface area contributed by atoms with Gasteiger partial charge in [0.25, 0.3) is 5.91 Å². The molecule has 3 heterocycles. The molecule has 2 aromatic carbocycles. The van der Waals surface area contributed by atoms with Crippen molar-refractivity contribution < 1.29 is 18.7 Å². The quantitative estimate of drug-likeness (QED) is 0.496. The highest BCUT2D eigenvalue weighted by atomic mass is 32.2. The lowest BCUT2D eigenvalue weighted by molar-refractivity contribution is 0.0785. The Morgan fingerprint density at radius 1 is 1.15 bits per heavy atom. The SMILES string of the molecule is COc1ccc(CC2C3=C(C=CN2C(=O)c2cn(C)c4ccc(F)cc24)C(C)SC3)cc1OC. The molecule has 1 amide bonds. The standard InChI is InChI=1S/C27H27FN2O3S/c1-16-19-9-10-30(27(31)21-14-29(2)23-7-6-18(28)13-20(21)23)24(22(19)15-34-16)11-17-5-8-25(32-3)26(12-17)33-4/h5-10,12-14,16,24H,11,15H2,1-4H3. The summed E-state index contributed by atoms with van der Waals surface area (Å²) in [6.07, 6.45) is 6.40. The van der Waals surface area contributed by atoms with E-state index < -0.39 is 0 Å². The van der Waals surface area contributed by atoms with Gasteiger partial charge in [-0.3, -0.25) is 4.79 Å². The molecular formula is C27H27FN2O3S. The van der Waals surface area contributed by atoms with Crippen LogP contribution in [0.1, 0.15) is 22.8 Å². The first kappa shape index (κ1) is 22.6. The number of aromatic nitrogens is 1. The molecule has 176 valence electrons. The highest BCUT2D eigenvalue weighted by Gasteiger charge is 2.36. The van der Waals surface area contributed by atoms with Crippen LogP contribution < -0.4 is 9.47 Å². The van der Waals surface area contributed by atoms with Crippen molar-refractivity contribution in [2.24, 2.45) is 7.05 Å². The third kappa shape index (κ3) is 3.78. The first-order chi connectivity index (χ1) is 16.4. The van der Waals surface area contributed by atoms with Crippen LogP contribution in [0.4, 0.5) is 4.39 Å². The number of fused-ring (bicyclic) bond motifs is 1. The predicted octanol–water partition coefficient (Wildman–Crippen LogP) is 5.35. The molecule has 0 spiro atoms. The van der Waals surface area contributed by atoms with Gasteiger partial charge in [0.2, 0.25) is 0 Å². The van der Waals surface area contributed by atoms with Gasteiger partial charge in [0.15, 0.2) is 11.5 Å². The van der Waals surface area contributed by atoms with E-state index in [9.17, 15) is 9.18 Å². The Balaban J connectivity index is 1.55. The summed E-state index contributed by atoms with van der Waals surface area (Å²) in [5.74, 6) is 1.73. The zero-order chi connectivity index (χ0) is 24.0. The molecule has 0 radical (unpaired) electrons. The predicted molar refractivity (Wildman–Crippen MR) is 134 cm³/mol. The Bertz CT molecular complexity index is 1340. The lowest BCUT2D eigenvalue weighted by Gasteiger charge is -2.34. The maximum atomic E-state index is 14.1. The number of aryl methyl sites for hydroxylation is 1. The maximum absolute atomic E-state index is 14.1. The average molecular weight is 479 g/mol. The third-order valence-corrected chi connectivity index (χ3v) is 7.98. The van der Waals surface area contributed by atoms with Crippen molar-refractivity contribution in [2.75, 3.05) is 20.0 Å². The zero-order valence-corrected chi connectivity index (χ0v) is 20.5. The first-order valence-electron chi connectivity index (χ1n) is 11.2. The Kier molecular flexibility index (Phi) is 5.90. The monoisotopic (exact) mass is 478 g/mol. The topological polar surface area (TPSA) is 43.7 Å². The number of hydrogen-bond donors (Lipinski definition) is 0. The van der Waals surface area contributed by atoms with Gasteiger partial charge in [-0.15, -0.1) is 11.8 Å². The minimum absolute atomic E-state index is 0.131. The fourth-order valence-electron chi connectivity index (χ4n) is 4.95. The number of allylic oxidation sites excluding steroid dienone is 1. The van der Waals surface area contributed by atoms with Crippen LogP contribution in [-0.4, -0.2) is 46.6 Å². The molecule has 7 heteroatoms. The van der Waals surface area contributed by atoms with Crippen LogP contribution in [0.3, 0.4) is 0 Å². The number of thioether (sulfide) groups is 1.